The van der Waals surface area contributed by atoms with Gasteiger partial charge in [-0.05, 0) is 67.5 Å². The number of pyridine rings is 1. The van der Waals surface area contributed by atoms with E-state index in [9.17, 15) is 20.3 Å². The number of aromatic nitrogens is 3. The summed E-state index contributed by atoms with van der Waals surface area (Å²) in [5, 5.41) is 31.2. The number of carboxylic acid groups (broad SMARTS) is 1. The maximum Gasteiger partial charge on any atom is 0.323 e. The normalized spacial score (nSPS) is 11.9. The van der Waals surface area contributed by atoms with Crippen LogP contribution in [0.15, 0.2) is 73.3 Å². The number of aliphatic hydroxyl groups excluding tert-OH is 1. The van der Waals surface area contributed by atoms with Gasteiger partial charge in [-0.15, -0.1) is 0 Å². The van der Waals surface area contributed by atoms with Crippen LogP contribution in [0.1, 0.15) is 27.8 Å². The van der Waals surface area contributed by atoms with Gasteiger partial charge >= 0.3 is 5.97 Å². The first-order valence-electron chi connectivity index (χ1n) is 15.3. The summed E-state index contributed by atoms with van der Waals surface area (Å²) in [5.41, 5.74) is 7.88. The molecule has 0 spiro atoms. The molecular weight excluding hydrogens is 632 g/mol. The summed E-state index contributed by atoms with van der Waals surface area (Å²) in [6.07, 6.45) is 4.95. The molecule has 11 nitrogen and oxygen atoms in total. The Labute approximate surface area is 284 Å². The fourth-order valence-corrected chi connectivity index (χ4v) is 5.47. The largest absolute Gasteiger partial charge is 0.488 e. The first-order valence-corrected chi connectivity index (χ1v) is 15.7. The van der Waals surface area contributed by atoms with Gasteiger partial charge in [-0.3, -0.25) is 15.1 Å². The van der Waals surface area contributed by atoms with Crippen LogP contribution in [0.3, 0.4) is 0 Å². The number of nitrogens with one attached hydrogen (secondary N) is 1. The topological polar surface area (TPSA) is 146 Å². The number of aliphatic hydroxyl groups is 1. The number of benzene rings is 3. The Morgan fingerprint density at radius 1 is 1.08 bits per heavy atom. The van der Waals surface area contributed by atoms with Gasteiger partial charge in [0.05, 0.1) is 34.6 Å². The summed E-state index contributed by atoms with van der Waals surface area (Å²) in [4.78, 5) is 22.3. The second-order valence-electron chi connectivity index (χ2n) is 11.7. The first-order chi connectivity index (χ1) is 23.2. The minimum absolute atomic E-state index is 0.0584. The van der Waals surface area contributed by atoms with Gasteiger partial charge in [0, 0.05) is 49.2 Å². The molecule has 0 saturated heterocycles. The molecule has 5 aromatic rings. The van der Waals surface area contributed by atoms with Crippen LogP contribution in [0.25, 0.3) is 22.2 Å². The van der Waals surface area contributed by atoms with Gasteiger partial charge in [-0.25, -0.2) is 4.98 Å². The molecule has 248 valence electrons. The summed E-state index contributed by atoms with van der Waals surface area (Å²) in [5.74, 6) is -0.402. The molecule has 0 unspecified atom stereocenters. The summed E-state index contributed by atoms with van der Waals surface area (Å²) >= 11 is 6.68. The third-order valence-electron chi connectivity index (χ3n) is 8.00. The zero-order chi connectivity index (χ0) is 34.2. The lowest BCUT2D eigenvalue weighted by Crippen LogP contribution is -2.39. The van der Waals surface area contributed by atoms with E-state index in [1.807, 2.05) is 24.5 Å². The average Bonchev–Trinajstić information content (AvgIpc) is 3.49. The molecule has 2 heterocycles. The van der Waals surface area contributed by atoms with Crippen LogP contribution in [-0.4, -0.2) is 68.9 Å². The molecule has 1 atom stereocenters. The van der Waals surface area contributed by atoms with Crippen molar-refractivity contribution in [2.24, 2.45) is 0 Å². The number of aliphatic carboxylic acids is 1. The fraction of sp³-hybridized carbons (Fsp3) is 0.278. The van der Waals surface area contributed by atoms with Crippen LogP contribution in [0, 0.1) is 18.3 Å². The number of carbonyl (C=O) groups is 1. The molecule has 2 aromatic heterocycles. The molecule has 0 amide bonds. The Kier molecular flexibility index (Phi) is 11.3. The van der Waals surface area contributed by atoms with Crippen LogP contribution < -0.4 is 14.8 Å². The lowest BCUT2D eigenvalue weighted by molar-refractivity contribution is -0.140. The molecule has 0 aliphatic rings. The predicted molar refractivity (Wildman–Crippen MR) is 183 cm³/mol. The molecule has 0 bridgehead atoms. The van der Waals surface area contributed by atoms with E-state index < -0.39 is 18.6 Å². The van der Waals surface area contributed by atoms with E-state index >= 15 is 0 Å². The number of likely N-dealkylation sites (N-methyl/N-ethyl adjacent to an activating group) is 1. The molecule has 0 radical (unpaired) electrons. The number of halogens is 1. The number of carboxylic acids is 1. The molecule has 0 aliphatic carbocycles. The predicted octanol–water partition coefficient (Wildman–Crippen LogP) is 5.19. The Balaban J connectivity index is 1.38. The van der Waals surface area contributed by atoms with Crippen LogP contribution in [0.4, 0.5) is 0 Å². The van der Waals surface area contributed by atoms with Crippen molar-refractivity contribution in [3.05, 3.63) is 106 Å². The molecule has 0 aliphatic heterocycles. The van der Waals surface area contributed by atoms with Gasteiger partial charge in [0.1, 0.15) is 36.8 Å². The summed E-state index contributed by atoms with van der Waals surface area (Å²) in [6.45, 7) is 3.62. The lowest BCUT2D eigenvalue weighted by Gasteiger charge is -2.18. The van der Waals surface area contributed by atoms with Gasteiger partial charge in [0.25, 0.3) is 0 Å². The number of ether oxygens (including phenoxy) is 2. The zero-order valence-electron chi connectivity index (χ0n) is 27.0. The van der Waals surface area contributed by atoms with E-state index in [2.05, 4.69) is 70.0 Å². The molecule has 5 rings (SSSR count). The monoisotopic (exact) mass is 668 g/mol. The van der Waals surface area contributed by atoms with Crippen molar-refractivity contribution in [1.82, 2.24) is 24.8 Å². The van der Waals surface area contributed by atoms with Crippen molar-refractivity contribution in [2.45, 2.75) is 39.3 Å². The summed E-state index contributed by atoms with van der Waals surface area (Å²) < 4.78 is 14.5. The maximum atomic E-state index is 11.5. The van der Waals surface area contributed by atoms with Crippen molar-refractivity contribution in [3.63, 3.8) is 0 Å². The van der Waals surface area contributed by atoms with Gasteiger partial charge < -0.3 is 29.2 Å². The number of nitriles is 1. The third kappa shape index (κ3) is 8.29. The second kappa shape index (κ2) is 15.7. The minimum Gasteiger partial charge on any atom is -0.488 e. The molecule has 3 aromatic carbocycles. The minimum atomic E-state index is -1.18. The maximum absolute atomic E-state index is 11.5. The number of hydrogen-bond donors (Lipinski definition) is 3. The van der Waals surface area contributed by atoms with E-state index in [4.69, 9.17) is 21.1 Å². The van der Waals surface area contributed by atoms with Gasteiger partial charge in [-0.2, -0.15) is 5.26 Å². The smallest absolute Gasteiger partial charge is 0.323 e. The Morgan fingerprint density at radius 3 is 2.65 bits per heavy atom. The Hall–Kier alpha value is -4.99. The van der Waals surface area contributed by atoms with Gasteiger partial charge in [0.15, 0.2) is 0 Å². The molecule has 0 fully saturated rings. The quantitative estimate of drug-likeness (QED) is 0.136. The van der Waals surface area contributed by atoms with Crippen LogP contribution >= 0.6 is 11.6 Å². The highest BCUT2D eigenvalue weighted by Gasteiger charge is 2.19. The van der Waals surface area contributed by atoms with Gasteiger partial charge in [-0.1, -0.05) is 35.9 Å². The van der Waals surface area contributed by atoms with Crippen molar-refractivity contribution in [2.75, 3.05) is 27.2 Å². The fourth-order valence-electron chi connectivity index (χ4n) is 5.23. The Bertz CT molecular complexity index is 1950. The van der Waals surface area contributed by atoms with E-state index in [-0.39, 0.29) is 19.8 Å². The third-order valence-corrected chi connectivity index (χ3v) is 8.30. The highest BCUT2D eigenvalue weighted by Crippen LogP contribution is 2.35. The van der Waals surface area contributed by atoms with E-state index in [0.29, 0.717) is 33.2 Å². The lowest BCUT2D eigenvalue weighted by atomic mass is 9.96. The number of imidazole rings is 1. The van der Waals surface area contributed by atoms with Crippen LogP contribution in [0.5, 0.6) is 11.5 Å². The van der Waals surface area contributed by atoms with Crippen LogP contribution in [0.2, 0.25) is 5.02 Å². The summed E-state index contributed by atoms with van der Waals surface area (Å²) in [6, 6.07) is 18.3. The van der Waals surface area contributed by atoms with E-state index in [0.717, 1.165) is 46.4 Å². The van der Waals surface area contributed by atoms with Crippen molar-refractivity contribution in [1.29, 1.82) is 5.26 Å². The first kappa shape index (κ1) is 34.3. The molecule has 12 heteroatoms. The van der Waals surface area contributed by atoms with E-state index in [1.165, 1.54) is 6.20 Å². The van der Waals surface area contributed by atoms with Crippen LogP contribution in [-0.2, 0) is 31.1 Å². The molecule has 3 N–H and O–H groups in total. The Morgan fingerprint density at radius 2 is 1.90 bits per heavy atom. The number of hydrogen-bond acceptors (Lipinski definition) is 9. The number of rotatable bonds is 15. The molecular formula is C36H37ClN6O5. The van der Waals surface area contributed by atoms with Gasteiger partial charge in [0.2, 0.25) is 0 Å². The standard InChI is InChI=1S/C36H37ClN6O5/c1-23-27(5-4-6-29(23)26-7-8-31-33(13-26)43(22-41-31)10-9-42(2)3)21-48-35-14-34(47-20-25-11-24(15-38)16-39-17-25)28(12-30(35)37)18-40-32(19-44)36(45)46/h4-8,11-14,16-17,22,32,40,44H,9-10,18-21H2,1-3H3,(H,45,46)/t32-/m1/s1. The van der Waals surface area contributed by atoms with Crippen molar-refractivity contribution >= 4 is 28.6 Å². The second-order valence-corrected chi connectivity index (χ2v) is 12.1. The van der Waals surface area contributed by atoms with E-state index in [1.54, 1.807) is 24.4 Å². The summed E-state index contributed by atoms with van der Waals surface area (Å²) in [7, 11) is 4.11. The highest BCUT2D eigenvalue weighted by atomic mass is 35.5. The average molecular weight is 669 g/mol. The highest BCUT2D eigenvalue weighted by molar-refractivity contribution is 6.32. The number of nitrogens with zero attached hydrogens (tertiary/aromatic N) is 5. The SMILES string of the molecule is Cc1c(COc2cc(OCc3cncc(C#N)c3)c(CN[C@H](CO)C(=O)O)cc2Cl)cccc1-c1ccc2ncn(CCN(C)C)c2c1. The van der Waals surface area contributed by atoms with Crippen molar-refractivity contribution < 1.29 is 24.5 Å². The number of fused-ring (bicyclic) bond motifs is 1. The molecule has 0 saturated carbocycles. The molecule has 48 heavy (non-hydrogen) atoms. The van der Waals surface area contributed by atoms with Crippen molar-refractivity contribution in [3.8, 4) is 28.7 Å². The zero-order valence-corrected chi connectivity index (χ0v) is 27.7.